The monoisotopic (exact) mass is 335 g/mol. The van der Waals surface area contributed by atoms with Crippen LogP contribution in [-0.4, -0.2) is 28.0 Å². The van der Waals surface area contributed by atoms with Gasteiger partial charge >= 0.3 is 0 Å². The summed E-state index contributed by atoms with van der Waals surface area (Å²) in [5, 5.41) is 19.0. The summed E-state index contributed by atoms with van der Waals surface area (Å²) < 4.78 is 7.47. The molecule has 23 heavy (non-hydrogen) atoms. The molecular formula is C17H22ClN3O2. The van der Waals surface area contributed by atoms with Crippen LogP contribution in [0.4, 0.5) is 0 Å². The predicted octanol–water partition coefficient (Wildman–Crippen LogP) is 2.78. The summed E-state index contributed by atoms with van der Waals surface area (Å²) >= 11 is 6.26. The van der Waals surface area contributed by atoms with Crippen LogP contribution in [0.15, 0.2) is 30.6 Å². The molecule has 0 saturated carbocycles. The van der Waals surface area contributed by atoms with Crippen molar-refractivity contribution in [1.29, 1.82) is 0 Å². The van der Waals surface area contributed by atoms with Crippen LogP contribution in [0.5, 0.6) is 5.75 Å². The van der Waals surface area contributed by atoms with E-state index in [1.807, 2.05) is 31.4 Å². The number of nitrogens with zero attached hydrogens (tertiary/aromatic N) is 2. The van der Waals surface area contributed by atoms with Crippen LogP contribution in [0.1, 0.15) is 36.9 Å². The summed E-state index contributed by atoms with van der Waals surface area (Å²) in [5.74, 6) is 0.755. The third-order valence-corrected chi connectivity index (χ3v) is 4.57. The summed E-state index contributed by atoms with van der Waals surface area (Å²) in [4.78, 5) is 0. The number of aromatic nitrogens is 2. The van der Waals surface area contributed by atoms with E-state index in [0.717, 1.165) is 29.7 Å². The quantitative estimate of drug-likeness (QED) is 0.902. The normalized spacial score (nSPS) is 20.3. The average molecular weight is 336 g/mol. The lowest BCUT2D eigenvalue weighted by Crippen LogP contribution is -2.37. The molecule has 2 aromatic rings. The lowest BCUT2D eigenvalue weighted by atomic mass is 9.97. The average Bonchev–Trinajstić information content (AvgIpc) is 2.84. The lowest BCUT2D eigenvalue weighted by molar-refractivity contribution is 0.0533. The van der Waals surface area contributed by atoms with E-state index in [-0.39, 0.29) is 6.04 Å². The third-order valence-electron chi connectivity index (χ3n) is 4.28. The van der Waals surface area contributed by atoms with Crippen molar-refractivity contribution >= 4 is 11.6 Å². The molecule has 2 heterocycles. The van der Waals surface area contributed by atoms with Gasteiger partial charge in [0.1, 0.15) is 11.4 Å². The molecule has 5 nitrogen and oxygen atoms in total. The van der Waals surface area contributed by atoms with E-state index >= 15 is 0 Å². The maximum absolute atomic E-state index is 10.7. The molecule has 2 atom stereocenters. The van der Waals surface area contributed by atoms with Gasteiger partial charge in [-0.2, -0.15) is 5.10 Å². The fourth-order valence-corrected chi connectivity index (χ4v) is 3.14. The second kappa shape index (κ2) is 6.51. The van der Waals surface area contributed by atoms with Gasteiger partial charge in [0.25, 0.3) is 0 Å². The molecule has 2 unspecified atom stereocenters. The molecule has 1 aliphatic rings. The Balaban J connectivity index is 1.77. The first kappa shape index (κ1) is 16.3. The van der Waals surface area contributed by atoms with Gasteiger partial charge in [-0.3, -0.25) is 4.68 Å². The highest BCUT2D eigenvalue weighted by atomic mass is 35.5. The number of hydrogen-bond acceptors (Lipinski definition) is 4. The van der Waals surface area contributed by atoms with Crippen LogP contribution in [0, 0.1) is 0 Å². The molecule has 1 aliphatic heterocycles. The minimum Gasteiger partial charge on any atom is -0.492 e. The van der Waals surface area contributed by atoms with Gasteiger partial charge in [0.15, 0.2) is 0 Å². The first-order valence-corrected chi connectivity index (χ1v) is 8.21. The predicted molar refractivity (Wildman–Crippen MR) is 89.7 cm³/mol. The molecule has 6 heteroatoms. The van der Waals surface area contributed by atoms with Gasteiger partial charge in [-0.1, -0.05) is 23.7 Å². The Labute approximate surface area is 141 Å². The van der Waals surface area contributed by atoms with Crippen molar-refractivity contribution in [3.8, 4) is 5.75 Å². The Hall–Kier alpha value is -1.56. The van der Waals surface area contributed by atoms with Crippen molar-refractivity contribution < 1.29 is 9.84 Å². The third kappa shape index (κ3) is 3.52. The van der Waals surface area contributed by atoms with Crippen LogP contribution in [0.2, 0.25) is 5.02 Å². The van der Waals surface area contributed by atoms with E-state index in [1.165, 1.54) is 0 Å². The van der Waals surface area contributed by atoms with Crippen LogP contribution >= 0.6 is 11.6 Å². The minimum atomic E-state index is -0.986. The number of rotatable bonds is 4. The van der Waals surface area contributed by atoms with Crippen LogP contribution < -0.4 is 10.1 Å². The Kier molecular flexibility index (Phi) is 4.62. The second-order valence-corrected chi connectivity index (χ2v) is 6.67. The summed E-state index contributed by atoms with van der Waals surface area (Å²) in [5.41, 5.74) is 0.862. The van der Waals surface area contributed by atoms with Gasteiger partial charge in [-0.15, -0.1) is 0 Å². The molecule has 0 bridgehead atoms. The van der Waals surface area contributed by atoms with Crippen molar-refractivity contribution in [3.63, 3.8) is 0 Å². The van der Waals surface area contributed by atoms with Crippen molar-refractivity contribution in [2.24, 2.45) is 7.05 Å². The highest BCUT2D eigenvalue weighted by molar-refractivity contribution is 6.32. The first-order valence-electron chi connectivity index (χ1n) is 7.83. The molecule has 0 amide bonds. The number of nitrogens with one attached hydrogen (secondary N) is 1. The van der Waals surface area contributed by atoms with Gasteiger partial charge in [0.05, 0.1) is 17.8 Å². The summed E-state index contributed by atoms with van der Waals surface area (Å²) in [6.45, 7) is 2.88. The maximum Gasteiger partial charge on any atom is 0.142 e. The number of aliphatic hydroxyl groups is 1. The molecular weight excluding hydrogens is 314 g/mol. The smallest absolute Gasteiger partial charge is 0.142 e. The number of fused-ring (bicyclic) bond motifs is 1. The highest BCUT2D eigenvalue weighted by Gasteiger charge is 2.28. The van der Waals surface area contributed by atoms with Crippen LogP contribution in [-0.2, 0) is 12.6 Å². The van der Waals surface area contributed by atoms with E-state index in [9.17, 15) is 5.11 Å². The summed E-state index contributed by atoms with van der Waals surface area (Å²) in [7, 11) is 1.84. The van der Waals surface area contributed by atoms with Crippen LogP contribution in [0.25, 0.3) is 0 Å². The van der Waals surface area contributed by atoms with Gasteiger partial charge in [-0.25, -0.2) is 0 Å². The summed E-state index contributed by atoms with van der Waals surface area (Å²) in [6, 6.07) is 5.91. The molecule has 0 spiro atoms. The molecule has 1 aromatic carbocycles. The minimum absolute atomic E-state index is 0.106. The van der Waals surface area contributed by atoms with E-state index in [0.29, 0.717) is 18.2 Å². The second-order valence-electron chi connectivity index (χ2n) is 6.26. The van der Waals surface area contributed by atoms with E-state index in [2.05, 4.69) is 10.4 Å². The van der Waals surface area contributed by atoms with Gasteiger partial charge in [0.2, 0.25) is 0 Å². The Morgan fingerprint density at radius 2 is 2.35 bits per heavy atom. The van der Waals surface area contributed by atoms with E-state index < -0.39 is 5.60 Å². The Bertz CT molecular complexity index is 684. The van der Waals surface area contributed by atoms with Gasteiger partial charge in [0, 0.05) is 37.0 Å². The van der Waals surface area contributed by atoms with E-state index in [4.69, 9.17) is 16.3 Å². The molecule has 0 fully saturated rings. The molecule has 1 aromatic heterocycles. The molecule has 0 aliphatic carbocycles. The number of aryl methyl sites for hydroxylation is 1. The van der Waals surface area contributed by atoms with Gasteiger partial charge < -0.3 is 15.2 Å². The molecule has 3 rings (SSSR count). The standard InChI is InChI=1S/C17H22ClN3O2/c1-17(22,12-9-20-21(2)10-12)11-19-15-7-4-8-23-16-13(15)5-3-6-14(16)18/h3,5-6,9-10,15,19,22H,4,7-8,11H2,1-2H3. The number of ether oxygens (including phenoxy) is 1. The lowest BCUT2D eigenvalue weighted by Gasteiger charge is -2.26. The topological polar surface area (TPSA) is 59.3 Å². The van der Waals surface area contributed by atoms with E-state index in [1.54, 1.807) is 17.8 Å². The van der Waals surface area contributed by atoms with Crippen molar-refractivity contribution in [3.05, 3.63) is 46.7 Å². The number of para-hydroxylation sites is 1. The fourth-order valence-electron chi connectivity index (χ4n) is 2.90. The van der Waals surface area contributed by atoms with Gasteiger partial charge in [-0.05, 0) is 25.8 Å². The first-order chi connectivity index (χ1) is 11.0. The molecule has 124 valence electrons. The zero-order chi connectivity index (χ0) is 16.4. The Morgan fingerprint density at radius 1 is 1.52 bits per heavy atom. The van der Waals surface area contributed by atoms with Crippen molar-refractivity contribution in [2.75, 3.05) is 13.2 Å². The number of benzene rings is 1. The highest BCUT2D eigenvalue weighted by Crippen LogP contribution is 2.37. The molecule has 2 N–H and O–H groups in total. The van der Waals surface area contributed by atoms with Crippen LogP contribution in [0.3, 0.4) is 0 Å². The number of halogens is 1. The number of hydrogen-bond donors (Lipinski definition) is 2. The Morgan fingerprint density at radius 3 is 3.09 bits per heavy atom. The maximum atomic E-state index is 10.7. The zero-order valence-corrected chi connectivity index (χ0v) is 14.2. The molecule has 0 saturated heterocycles. The SMILES string of the molecule is Cn1cc(C(C)(O)CNC2CCCOc3c(Cl)cccc32)cn1. The molecule has 0 radical (unpaired) electrons. The largest absolute Gasteiger partial charge is 0.492 e. The van der Waals surface area contributed by atoms with Crippen molar-refractivity contribution in [1.82, 2.24) is 15.1 Å². The fraction of sp³-hybridized carbons (Fsp3) is 0.471. The summed E-state index contributed by atoms with van der Waals surface area (Å²) in [6.07, 6.45) is 5.42. The zero-order valence-electron chi connectivity index (χ0n) is 13.4. The van der Waals surface area contributed by atoms with Crippen molar-refractivity contribution in [2.45, 2.75) is 31.4 Å².